The van der Waals surface area contributed by atoms with Crippen molar-refractivity contribution in [2.24, 2.45) is 0 Å². The van der Waals surface area contributed by atoms with Crippen LogP contribution in [0.2, 0.25) is 10.0 Å². The standard InChI is InChI=1S/C13H9Cl2NO4/c14-9-2-1-3-12(13(9)15)20-11-5-4-8(7-17)6-10(11)16(18)19/h1-6,17H,7H2. The molecule has 0 fully saturated rings. The van der Waals surface area contributed by atoms with Crippen molar-refractivity contribution in [2.45, 2.75) is 6.61 Å². The third-order valence-corrected chi connectivity index (χ3v) is 3.34. The number of ether oxygens (including phenoxy) is 1. The van der Waals surface area contributed by atoms with Gasteiger partial charge in [-0.25, -0.2) is 0 Å². The Morgan fingerprint density at radius 2 is 1.95 bits per heavy atom. The van der Waals surface area contributed by atoms with Gasteiger partial charge in [-0.3, -0.25) is 10.1 Å². The number of rotatable bonds is 4. The molecule has 20 heavy (non-hydrogen) atoms. The zero-order valence-corrected chi connectivity index (χ0v) is 11.6. The van der Waals surface area contributed by atoms with Crippen molar-refractivity contribution >= 4 is 28.9 Å². The van der Waals surface area contributed by atoms with E-state index in [4.69, 9.17) is 33.0 Å². The van der Waals surface area contributed by atoms with Crippen LogP contribution in [0, 0.1) is 10.1 Å². The molecular weight excluding hydrogens is 305 g/mol. The van der Waals surface area contributed by atoms with Crippen LogP contribution in [0.3, 0.4) is 0 Å². The van der Waals surface area contributed by atoms with Gasteiger partial charge in [-0.15, -0.1) is 0 Å². The molecule has 0 saturated carbocycles. The monoisotopic (exact) mass is 313 g/mol. The molecule has 1 N–H and O–H groups in total. The number of aliphatic hydroxyl groups excluding tert-OH is 1. The van der Waals surface area contributed by atoms with Crippen LogP contribution in [0.1, 0.15) is 5.56 Å². The van der Waals surface area contributed by atoms with Gasteiger partial charge in [-0.2, -0.15) is 0 Å². The minimum atomic E-state index is -0.590. The maximum atomic E-state index is 11.0. The van der Waals surface area contributed by atoms with Gasteiger partial charge >= 0.3 is 5.69 Å². The first-order valence-corrected chi connectivity index (χ1v) is 6.28. The van der Waals surface area contributed by atoms with Gasteiger partial charge in [0.25, 0.3) is 0 Å². The summed E-state index contributed by atoms with van der Waals surface area (Å²) in [5, 5.41) is 20.5. The minimum absolute atomic E-state index is 0.0244. The summed E-state index contributed by atoms with van der Waals surface area (Å²) in [4.78, 5) is 10.4. The second kappa shape index (κ2) is 6.09. The van der Waals surface area contributed by atoms with Gasteiger partial charge in [0.2, 0.25) is 5.75 Å². The van der Waals surface area contributed by atoms with Crippen molar-refractivity contribution in [2.75, 3.05) is 0 Å². The van der Waals surface area contributed by atoms with Crippen LogP contribution in [-0.2, 0) is 6.61 Å². The summed E-state index contributed by atoms with van der Waals surface area (Å²) < 4.78 is 5.44. The Kier molecular flexibility index (Phi) is 4.44. The molecule has 0 saturated heterocycles. The van der Waals surface area contributed by atoms with Crippen molar-refractivity contribution in [3.8, 4) is 11.5 Å². The number of hydrogen-bond acceptors (Lipinski definition) is 4. The fourth-order valence-electron chi connectivity index (χ4n) is 1.57. The number of nitro benzene ring substituents is 1. The second-order valence-corrected chi connectivity index (χ2v) is 4.66. The van der Waals surface area contributed by atoms with Crippen LogP contribution in [0.4, 0.5) is 5.69 Å². The first-order valence-electron chi connectivity index (χ1n) is 5.53. The van der Waals surface area contributed by atoms with E-state index in [1.807, 2.05) is 0 Å². The molecule has 2 aromatic carbocycles. The Labute approximate surface area is 124 Å². The molecule has 5 nitrogen and oxygen atoms in total. The van der Waals surface area contributed by atoms with E-state index < -0.39 is 4.92 Å². The zero-order chi connectivity index (χ0) is 14.7. The third kappa shape index (κ3) is 3.01. The quantitative estimate of drug-likeness (QED) is 0.678. The lowest BCUT2D eigenvalue weighted by atomic mass is 10.2. The van der Waals surface area contributed by atoms with E-state index in [0.29, 0.717) is 10.6 Å². The first kappa shape index (κ1) is 14.6. The lowest BCUT2D eigenvalue weighted by Crippen LogP contribution is -1.96. The molecule has 7 heteroatoms. The fraction of sp³-hybridized carbons (Fsp3) is 0.0769. The van der Waals surface area contributed by atoms with Crippen molar-refractivity contribution in [3.63, 3.8) is 0 Å². The van der Waals surface area contributed by atoms with Crippen molar-refractivity contribution in [1.82, 2.24) is 0 Å². The summed E-state index contributed by atoms with van der Waals surface area (Å²) in [5.41, 5.74) is 0.161. The highest BCUT2D eigenvalue weighted by Crippen LogP contribution is 2.38. The normalized spacial score (nSPS) is 10.3. The number of halogens is 2. The first-order chi connectivity index (χ1) is 9.52. The molecule has 0 aromatic heterocycles. The largest absolute Gasteiger partial charge is 0.449 e. The maximum Gasteiger partial charge on any atom is 0.311 e. The van der Waals surface area contributed by atoms with Crippen LogP contribution >= 0.6 is 23.2 Å². The Balaban J connectivity index is 2.43. The minimum Gasteiger partial charge on any atom is -0.449 e. The Morgan fingerprint density at radius 3 is 2.60 bits per heavy atom. The molecule has 104 valence electrons. The number of nitrogens with zero attached hydrogens (tertiary/aromatic N) is 1. The van der Waals surface area contributed by atoms with E-state index in [9.17, 15) is 10.1 Å². The smallest absolute Gasteiger partial charge is 0.311 e. The summed E-state index contributed by atoms with van der Waals surface area (Å²) >= 11 is 11.8. The summed E-state index contributed by atoms with van der Waals surface area (Å²) in [6.07, 6.45) is 0. The van der Waals surface area contributed by atoms with E-state index in [-0.39, 0.29) is 28.8 Å². The molecule has 0 bridgehead atoms. The highest BCUT2D eigenvalue weighted by molar-refractivity contribution is 6.42. The van der Waals surface area contributed by atoms with Crippen LogP contribution in [0.15, 0.2) is 36.4 Å². The molecule has 0 unspecified atom stereocenters. The highest BCUT2D eigenvalue weighted by atomic mass is 35.5. The Morgan fingerprint density at radius 1 is 1.20 bits per heavy atom. The second-order valence-electron chi connectivity index (χ2n) is 3.87. The highest BCUT2D eigenvalue weighted by Gasteiger charge is 2.18. The number of aliphatic hydroxyl groups is 1. The van der Waals surface area contributed by atoms with Crippen molar-refractivity contribution in [1.29, 1.82) is 0 Å². The maximum absolute atomic E-state index is 11.0. The average molecular weight is 314 g/mol. The molecule has 0 heterocycles. The van der Waals surface area contributed by atoms with E-state index in [1.165, 1.54) is 18.2 Å². The van der Waals surface area contributed by atoms with E-state index >= 15 is 0 Å². The number of benzene rings is 2. The number of nitro groups is 1. The Hall–Kier alpha value is -1.82. The van der Waals surface area contributed by atoms with Gasteiger partial charge in [0.15, 0.2) is 0 Å². The molecule has 0 aliphatic rings. The van der Waals surface area contributed by atoms with Gasteiger partial charge < -0.3 is 9.84 Å². The van der Waals surface area contributed by atoms with E-state index in [2.05, 4.69) is 0 Å². The number of hydrogen-bond donors (Lipinski definition) is 1. The van der Waals surface area contributed by atoms with Gasteiger partial charge in [-0.05, 0) is 23.8 Å². The van der Waals surface area contributed by atoms with Gasteiger partial charge in [0, 0.05) is 6.07 Å². The van der Waals surface area contributed by atoms with Crippen LogP contribution in [0.5, 0.6) is 11.5 Å². The lowest BCUT2D eigenvalue weighted by Gasteiger charge is -2.09. The van der Waals surface area contributed by atoms with Gasteiger partial charge in [0.05, 0.1) is 16.6 Å². The summed E-state index contributed by atoms with van der Waals surface area (Å²) in [5.74, 6) is 0.246. The molecule has 2 rings (SSSR count). The molecule has 0 aliphatic carbocycles. The van der Waals surface area contributed by atoms with Crippen LogP contribution < -0.4 is 4.74 Å². The van der Waals surface area contributed by atoms with Gasteiger partial charge in [-0.1, -0.05) is 35.3 Å². The lowest BCUT2D eigenvalue weighted by molar-refractivity contribution is -0.385. The molecule has 0 aliphatic heterocycles. The molecule has 0 amide bonds. The van der Waals surface area contributed by atoms with Crippen LogP contribution in [0.25, 0.3) is 0 Å². The average Bonchev–Trinajstić information content (AvgIpc) is 2.44. The molecule has 0 spiro atoms. The van der Waals surface area contributed by atoms with Crippen LogP contribution in [-0.4, -0.2) is 10.0 Å². The van der Waals surface area contributed by atoms with E-state index in [1.54, 1.807) is 18.2 Å². The topological polar surface area (TPSA) is 72.6 Å². The Bertz CT molecular complexity index is 661. The van der Waals surface area contributed by atoms with Crippen molar-refractivity contribution < 1.29 is 14.8 Å². The summed E-state index contributed by atoms with van der Waals surface area (Å²) in [6, 6.07) is 8.94. The van der Waals surface area contributed by atoms with Crippen molar-refractivity contribution in [3.05, 3.63) is 62.1 Å². The van der Waals surface area contributed by atoms with Gasteiger partial charge in [0.1, 0.15) is 10.8 Å². The third-order valence-electron chi connectivity index (χ3n) is 2.54. The predicted molar refractivity (Wildman–Crippen MR) is 75.6 cm³/mol. The fourth-order valence-corrected chi connectivity index (χ4v) is 1.90. The SMILES string of the molecule is O=[N+]([O-])c1cc(CO)ccc1Oc1cccc(Cl)c1Cl. The molecule has 0 radical (unpaired) electrons. The summed E-state index contributed by atoms with van der Waals surface area (Å²) in [7, 11) is 0. The summed E-state index contributed by atoms with van der Waals surface area (Å²) in [6.45, 7) is -0.293. The van der Waals surface area contributed by atoms with E-state index in [0.717, 1.165) is 0 Å². The zero-order valence-electron chi connectivity index (χ0n) is 10.0. The predicted octanol–water partition coefficient (Wildman–Crippen LogP) is 4.19. The molecule has 0 atom stereocenters. The molecule has 2 aromatic rings. The molecular formula is C13H9Cl2NO4.